The Morgan fingerprint density at radius 1 is 1.31 bits per heavy atom. The van der Waals surface area contributed by atoms with Gasteiger partial charge in [0.05, 0.1) is 0 Å². The van der Waals surface area contributed by atoms with Crippen molar-refractivity contribution in [1.29, 1.82) is 0 Å². The summed E-state index contributed by atoms with van der Waals surface area (Å²) in [5.74, 6) is 0.751. The third-order valence-electron chi connectivity index (χ3n) is 1.96. The van der Waals surface area contributed by atoms with Crippen LogP contribution >= 0.6 is 0 Å². The summed E-state index contributed by atoms with van der Waals surface area (Å²) < 4.78 is 0. The summed E-state index contributed by atoms with van der Waals surface area (Å²) in [5.41, 5.74) is 2.63. The van der Waals surface area contributed by atoms with Crippen LogP contribution in [0.5, 0.6) is 0 Å². The maximum Gasteiger partial charge on any atom is -0.0257 e. The highest BCUT2D eigenvalue weighted by Gasteiger charge is 1.89. The zero-order valence-electron chi connectivity index (χ0n) is 8.75. The minimum Gasteiger partial charge on any atom is -0.0837 e. The van der Waals surface area contributed by atoms with E-state index in [0.29, 0.717) is 0 Å². The maximum atomic E-state index is 2.25. The number of rotatable bonds is 3. The number of allylic oxidation sites excluding steroid dienone is 1. The van der Waals surface area contributed by atoms with E-state index in [0.717, 1.165) is 12.3 Å². The summed E-state index contributed by atoms with van der Waals surface area (Å²) >= 11 is 0. The molecule has 0 saturated carbocycles. The second kappa shape index (κ2) is 4.86. The standard InChI is InChI=1S/C13H18/c1-11(2)6-4-8-13-9-5-7-12(3)10-13/h4-5,7-11H,6H2,1-3H3/b8-4-. The second-order valence-corrected chi connectivity index (χ2v) is 3.95. The van der Waals surface area contributed by atoms with Crippen LogP contribution in [0, 0.1) is 12.8 Å². The molecule has 0 aliphatic heterocycles. The first-order chi connectivity index (χ1) is 6.18. The lowest BCUT2D eigenvalue weighted by molar-refractivity contribution is 0.665. The van der Waals surface area contributed by atoms with Gasteiger partial charge in [-0.25, -0.2) is 0 Å². The van der Waals surface area contributed by atoms with Gasteiger partial charge in [0.25, 0.3) is 0 Å². The molecule has 0 aliphatic rings. The molecule has 0 radical (unpaired) electrons. The quantitative estimate of drug-likeness (QED) is 0.648. The fraction of sp³-hybridized carbons (Fsp3) is 0.385. The first kappa shape index (κ1) is 10.0. The van der Waals surface area contributed by atoms with Gasteiger partial charge in [0.2, 0.25) is 0 Å². The van der Waals surface area contributed by atoms with Gasteiger partial charge in [-0.15, -0.1) is 0 Å². The zero-order valence-corrected chi connectivity index (χ0v) is 8.75. The molecule has 0 N–H and O–H groups in total. The largest absolute Gasteiger partial charge is 0.0837 e. The van der Waals surface area contributed by atoms with Crippen LogP contribution in [0.4, 0.5) is 0 Å². The van der Waals surface area contributed by atoms with Crippen LogP contribution in [-0.4, -0.2) is 0 Å². The molecule has 0 atom stereocenters. The first-order valence-corrected chi connectivity index (χ1v) is 4.91. The van der Waals surface area contributed by atoms with E-state index in [9.17, 15) is 0 Å². The molecule has 0 fully saturated rings. The predicted octanol–water partition coefficient (Wildman–Crippen LogP) is 4.05. The summed E-state index contributed by atoms with van der Waals surface area (Å²) in [5, 5.41) is 0. The lowest BCUT2D eigenvalue weighted by Crippen LogP contribution is -1.81. The van der Waals surface area contributed by atoms with E-state index in [4.69, 9.17) is 0 Å². The van der Waals surface area contributed by atoms with E-state index < -0.39 is 0 Å². The van der Waals surface area contributed by atoms with Gasteiger partial charge in [0.15, 0.2) is 0 Å². The molecule has 0 aromatic heterocycles. The van der Waals surface area contributed by atoms with Gasteiger partial charge in [-0.3, -0.25) is 0 Å². The molecule has 1 aromatic rings. The van der Waals surface area contributed by atoms with Gasteiger partial charge in [0, 0.05) is 0 Å². The average molecular weight is 174 g/mol. The lowest BCUT2D eigenvalue weighted by Gasteiger charge is -1.98. The normalized spacial score (nSPS) is 11.4. The Kier molecular flexibility index (Phi) is 3.75. The van der Waals surface area contributed by atoms with E-state index in [1.54, 1.807) is 0 Å². The van der Waals surface area contributed by atoms with Gasteiger partial charge in [-0.05, 0) is 24.8 Å². The molecule has 0 nitrogen and oxygen atoms in total. The molecule has 0 amide bonds. The van der Waals surface area contributed by atoms with Crippen LogP contribution in [-0.2, 0) is 0 Å². The smallest absolute Gasteiger partial charge is 0.0257 e. The number of benzene rings is 1. The van der Waals surface area contributed by atoms with Gasteiger partial charge in [-0.1, -0.05) is 55.8 Å². The predicted molar refractivity (Wildman–Crippen MR) is 59.7 cm³/mol. The molecule has 1 rings (SSSR count). The van der Waals surface area contributed by atoms with Crippen molar-refractivity contribution in [1.82, 2.24) is 0 Å². The minimum absolute atomic E-state index is 0.751. The SMILES string of the molecule is Cc1cccc(/C=C\CC(C)C)c1. The fourth-order valence-corrected chi connectivity index (χ4v) is 1.25. The number of hydrogen-bond acceptors (Lipinski definition) is 0. The summed E-state index contributed by atoms with van der Waals surface area (Å²) in [4.78, 5) is 0. The maximum absolute atomic E-state index is 2.25. The molecule has 0 saturated heterocycles. The van der Waals surface area contributed by atoms with Crippen molar-refractivity contribution in [2.45, 2.75) is 27.2 Å². The number of hydrogen-bond donors (Lipinski definition) is 0. The van der Waals surface area contributed by atoms with Crippen LogP contribution in [0.3, 0.4) is 0 Å². The molecule has 0 heterocycles. The highest BCUT2D eigenvalue weighted by Crippen LogP contribution is 2.08. The Morgan fingerprint density at radius 3 is 2.69 bits per heavy atom. The van der Waals surface area contributed by atoms with Crippen LogP contribution in [0.25, 0.3) is 6.08 Å². The van der Waals surface area contributed by atoms with Gasteiger partial charge in [0.1, 0.15) is 0 Å². The summed E-state index contributed by atoms with van der Waals surface area (Å²) in [6.45, 7) is 6.60. The van der Waals surface area contributed by atoms with Crippen molar-refractivity contribution in [3.05, 3.63) is 41.5 Å². The molecule has 0 unspecified atom stereocenters. The summed E-state index contributed by atoms with van der Waals surface area (Å²) in [7, 11) is 0. The first-order valence-electron chi connectivity index (χ1n) is 4.91. The van der Waals surface area contributed by atoms with E-state index in [-0.39, 0.29) is 0 Å². The van der Waals surface area contributed by atoms with Crippen molar-refractivity contribution in [3.8, 4) is 0 Å². The number of aryl methyl sites for hydroxylation is 1. The lowest BCUT2D eigenvalue weighted by atomic mass is 10.1. The molecular weight excluding hydrogens is 156 g/mol. The third-order valence-corrected chi connectivity index (χ3v) is 1.96. The Balaban J connectivity index is 2.58. The van der Waals surface area contributed by atoms with Crippen molar-refractivity contribution < 1.29 is 0 Å². The Bertz CT molecular complexity index is 282. The molecule has 0 bridgehead atoms. The topological polar surface area (TPSA) is 0 Å². The summed E-state index contributed by atoms with van der Waals surface area (Å²) in [6, 6.07) is 8.57. The van der Waals surface area contributed by atoms with Crippen LogP contribution in [0.15, 0.2) is 30.3 Å². The van der Waals surface area contributed by atoms with Crippen molar-refractivity contribution in [3.63, 3.8) is 0 Å². The van der Waals surface area contributed by atoms with E-state index in [1.807, 2.05) is 0 Å². The van der Waals surface area contributed by atoms with Crippen molar-refractivity contribution >= 4 is 6.08 Å². The molecule has 0 spiro atoms. The third kappa shape index (κ3) is 3.93. The van der Waals surface area contributed by atoms with E-state index >= 15 is 0 Å². The summed E-state index contributed by atoms with van der Waals surface area (Å²) in [6.07, 6.45) is 5.61. The fourth-order valence-electron chi connectivity index (χ4n) is 1.25. The zero-order chi connectivity index (χ0) is 9.68. The van der Waals surface area contributed by atoms with E-state index in [2.05, 4.69) is 57.2 Å². The van der Waals surface area contributed by atoms with Crippen molar-refractivity contribution in [2.75, 3.05) is 0 Å². The Morgan fingerprint density at radius 2 is 2.08 bits per heavy atom. The van der Waals surface area contributed by atoms with Gasteiger partial charge < -0.3 is 0 Å². The van der Waals surface area contributed by atoms with E-state index in [1.165, 1.54) is 11.1 Å². The monoisotopic (exact) mass is 174 g/mol. The van der Waals surface area contributed by atoms with Crippen LogP contribution in [0.1, 0.15) is 31.4 Å². The highest BCUT2D eigenvalue weighted by molar-refractivity contribution is 5.49. The molecule has 0 aliphatic carbocycles. The second-order valence-electron chi connectivity index (χ2n) is 3.95. The van der Waals surface area contributed by atoms with Gasteiger partial charge in [-0.2, -0.15) is 0 Å². The average Bonchev–Trinajstić information content (AvgIpc) is 2.03. The van der Waals surface area contributed by atoms with Crippen LogP contribution < -0.4 is 0 Å². The molecule has 1 aromatic carbocycles. The molecule has 0 heteroatoms. The molecule has 13 heavy (non-hydrogen) atoms. The van der Waals surface area contributed by atoms with Crippen molar-refractivity contribution in [2.24, 2.45) is 5.92 Å². The van der Waals surface area contributed by atoms with Gasteiger partial charge >= 0.3 is 0 Å². The van der Waals surface area contributed by atoms with Crippen LogP contribution in [0.2, 0.25) is 0 Å². The molecular formula is C13H18. The Hall–Kier alpha value is -1.04. The molecule has 70 valence electrons. The highest BCUT2D eigenvalue weighted by atomic mass is 13.9. The Labute approximate surface area is 81.3 Å². The minimum atomic E-state index is 0.751.